The maximum absolute atomic E-state index is 13.3. The van der Waals surface area contributed by atoms with Gasteiger partial charge in [-0.25, -0.2) is 0 Å². The van der Waals surface area contributed by atoms with Crippen molar-refractivity contribution in [2.45, 2.75) is 30.8 Å². The molecule has 0 bridgehead atoms. The number of fused-ring (bicyclic) bond motifs is 4. The number of anilines is 2. The maximum atomic E-state index is 13.3. The first-order chi connectivity index (χ1) is 13.1. The third-order valence-electron chi connectivity index (χ3n) is 6.20. The number of hydrogen-bond donors (Lipinski definition) is 2. The topological polar surface area (TPSA) is 61.4 Å². The molecule has 0 aromatic heterocycles. The van der Waals surface area contributed by atoms with E-state index in [2.05, 4.69) is 15.5 Å². The third-order valence-corrected chi connectivity index (χ3v) is 6.45. The first kappa shape index (κ1) is 16.8. The summed E-state index contributed by atoms with van der Waals surface area (Å²) in [6.07, 6.45) is 2.79. The lowest BCUT2D eigenvalue weighted by atomic mass is 9.78. The van der Waals surface area contributed by atoms with E-state index in [9.17, 15) is 9.59 Å². The van der Waals surface area contributed by atoms with Crippen LogP contribution in [0.3, 0.4) is 0 Å². The van der Waals surface area contributed by atoms with Crippen molar-refractivity contribution in [3.63, 3.8) is 0 Å². The summed E-state index contributed by atoms with van der Waals surface area (Å²) < 4.78 is 0. The number of amides is 2. The van der Waals surface area contributed by atoms with Crippen LogP contribution in [0.5, 0.6) is 0 Å². The molecular weight excluding hydrogens is 362 g/mol. The largest absolute Gasteiger partial charge is 0.326 e. The zero-order valence-electron chi connectivity index (χ0n) is 14.7. The average molecular weight is 382 g/mol. The van der Waals surface area contributed by atoms with Crippen molar-refractivity contribution >= 4 is 34.8 Å². The zero-order valence-corrected chi connectivity index (χ0v) is 15.5. The molecule has 3 aliphatic heterocycles. The van der Waals surface area contributed by atoms with Crippen LogP contribution in [-0.4, -0.2) is 29.3 Å². The standard InChI is InChI=1S/C21H20ClN3O2/c22-13-7-9-14(10-8-13)23-19(26)17-12-15-4-3-11-25(15)21(17)16-5-1-2-6-18(16)24-20(21)27/h1-2,5-10,15,17H,3-4,11-12H2,(H,23,26)(H,24,27). The fraction of sp³-hybridized carbons (Fsp3) is 0.333. The molecule has 3 unspecified atom stereocenters. The molecule has 6 heteroatoms. The number of carbonyl (C=O) groups is 2. The molecule has 2 amide bonds. The highest BCUT2D eigenvalue weighted by atomic mass is 35.5. The van der Waals surface area contributed by atoms with E-state index in [1.165, 1.54) is 0 Å². The van der Waals surface area contributed by atoms with E-state index in [0.717, 1.165) is 30.6 Å². The fourth-order valence-corrected chi connectivity index (χ4v) is 5.27. The highest BCUT2D eigenvalue weighted by molar-refractivity contribution is 6.30. The second-order valence-electron chi connectivity index (χ2n) is 7.54. The van der Waals surface area contributed by atoms with E-state index >= 15 is 0 Å². The van der Waals surface area contributed by atoms with Gasteiger partial charge < -0.3 is 10.6 Å². The number of nitrogens with one attached hydrogen (secondary N) is 2. The van der Waals surface area contributed by atoms with Crippen LogP contribution < -0.4 is 10.6 Å². The molecule has 2 fully saturated rings. The predicted octanol–water partition coefficient (Wildman–Crippen LogP) is 3.61. The van der Waals surface area contributed by atoms with Gasteiger partial charge in [0.1, 0.15) is 5.54 Å². The van der Waals surface area contributed by atoms with Gasteiger partial charge in [0.2, 0.25) is 11.8 Å². The zero-order chi connectivity index (χ0) is 18.6. The molecule has 2 N–H and O–H groups in total. The van der Waals surface area contributed by atoms with Gasteiger partial charge in [0, 0.05) is 28.0 Å². The Morgan fingerprint density at radius 1 is 1.19 bits per heavy atom. The number of para-hydroxylation sites is 1. The average Bonchev–Trinajstić information content (AvgIpc) is 3.32. The summed E-state index contributed by atoms with van der Waals surface area (Å²) in [5.41, 5.74) is 1.53. The van der Waals surface area contributed by atoms with Crippen molar-refractivity contribution in [1.82, 2.24) is 4.90 Å². The van der Waals surface area contributed by atoms with Crippen molar-refractivity contribution in [3.8, 4) is 0 Å². The summed E-state index contributed by atoms with van der Waals surface area (Å²) in [7, 11) is 0. The lowest BCUT2D eigenvalue weighted by Crippen LogP contribution is -2.53. The van der Waals surface area contributed by atoms with Crippen LogP contribution in [0.1, 0.15) is 24.8 Å². The van der Waals surface area contributed by atoms with Crippen molar-refractivity contribution < 1.29 is 9.59 Å². The van der Waals surface area contributed by atoms with Gasteiger partial charge in [-0.05, 0) is 56.1 Å². The molecule has 1 spiro atoms. The van der Waals surface area contributed by atoms with Crippen molar-refractivity contribution in [2.75, 3.05) is 17.2 Å². The van der Waals surface area contributed by atoms with Gasteiger partial charge in [-0.3, -0.25) is 14.5 Å². The molecule has 3 heterocycles. The van der Waals surface area contributed by atoms with Gasteiger partial charge in [-0.15, -0.1) is 0 Å². The minimum Gasteiger partial charge on any atom is -0.326 e. The van der Waals surface area contributed by atoms with Crippen LogP contribution in [-0.2, 0) is 15.1 Å². The van der Waals surface area contributed by atoms with Gasteiger partial charge in [-0.2, -0.15) is 0 Å². The quantitative estimate of drug-likeness (QED) is 0.835. The highest BCUT2D eigenvalue weighted by Crippen LogP contribution is 2.55. The fourth-order valence-electron chi connectivity index (χ4n) is 5.14. The van der Waals surface area contributed by atoms with E-state index in [1.54, 1.807) is 24.3 Å². The lowest BCUT2D eigenvalue weighted by molar-refractivity contribution is -0.135. The summed E-state index contributed by atoms with van der Waals surface area (Å²) in [5.74, 6) is -0.620. The SMILES string of the molecule is O=C(Nc1ccc(Cl)cc1)C1CC2CCCN2C12C(=O)Nc1ccccc12. The third kappa shape index (κ3) is 2.35. The van der Waals surface area contributed by atoms with E-state index in [4.69, 9.17) is 11.6 Å². The molecule has 27 heavy (non-hydrogen) atoms. The number of nitrogens with zero attached hydrogens (tertiary/aromatic N) is 1. The lowest BCUT2D eigenvalue weighted by Gasteiger charge is -2.36. The van der Waals surface area contributed by atoms with Gasteiger partial charge in [-0.1, -0.05) is 29.8 Å². The molecule has 3 atom stereocenters. The van der Waals surface area contributed by atoms with Crippen LogP contribution >= 0.6 is 11.6 Å². The predicted molar refractivity (Wildman–Crippen MR) is 105 cm³/mol. The molecule has 2 aromatic carbocycles. The molecule has 0 saturated carbocycles. The summed E-state index contributed by atoms with van der Waals surface area (Å²) in [4.78, 5) is 28.8. The van der Waals surface area contributed by atoms with Gasteiger partial charge in [0.15, 0.2) is 0 Å². The Morgan fingerprint density at radius 3 is 2.78 bits per heavy atom. The Kier molecular flexibility index (Phi) is 3.78. The highest BCUT2D eigenvalue weighted by Gasteiger charge is 2.65. The van der Waals surface area contributed by atoms with E-state index in [1.807, 2.05) is 24.3 Å². The Hall–Kier alpha value is -2.37. The van der Waals surface area contributed by atoms with Crippen molar-refractivity contribution in [2.24, 2.45) is 5.92 Å². The van der Waals surface area contributed by atoms with Crippen LogP contribution in [0.25, 0.3) is 0 Å². The van der Waals surface area contributed by atoms with Gasteiger partial charge >= 0.3 is 0 Å². The molecular formula is C21H20ClN3O2. The molecule has 0 radical (unpaired) electrons. The molecule has 5 rings (SSSR count). The van der Waals surface area contributed by atoms with Crippen LogP contribution in [0.2, 0.25) is 5.02 Å². The van der Waals surface area contributed by atoms with Gasteiger partial charge in [0.25, 0.3) is 0 Å². The van der Waals surface area contributed by atoms with E-state index in [-0.39, 0.29) is 17.9 Å². The first-order valence-corrected chi connectivity index (χ1v) is 9.72. The van der Waals surface area contributed by atoms with Crippen molar-refractivity contribution in [1.29, 1.82) is 0 Å². The number of halogens is 1. The van der Waals surface area contributed by atoms with Crippen LogP contribution in [0.4, 0.5) is 11.4 Å². The monoisotopic (exact) mass is 381 g/mol. The summed E-state index contributed by atoms with van der Waals surface area (Å²) in [5, 5.41) is 6.64. The minimum atomic E-state index is -0.908. The smallest absolute Gasteiger partial charge is 0.250 e. The first-order valence-electron chi connectivity index (χ1n) is 9.35. The summed E-state index contributed by atoms with van der Waals surface area (Å²) in [6.45, 7) is 0.844. The van der Waals surface area contributed by atoms with Crippen LogP contribution in [0, 0.1) is 5.92 Å². The number of rotatable bonds is 2. The van der Waals surface area contributed by atoms with Crippen LogP contribution in [0.15, 0.2) is 48.5 Å². The molecule has 2 saturated heterocycles. The number of carbonyl (C=O) groups excluding carboxylic acids is 2. The Balaban J connectivity index is 1.56. The van der Waals surface area contributed by atoms with Gasteiger partial charge in [0.05, 0.1) is 5.92 Å². The van der Waals surface area contributed by atoms with E-state index < -0.39 is 11.5 Å². The molecule has 5 nitrogen and oxygen atoms in total. The number of hydrogen-bond acceptors (Lipinski definition) is 3. The van der Waals surface area contributed by atoms with Crippen molar-refractivity contribution in [3.05, 3.63) is 59.1 Å². The minimum absolute atomic E-state index is 0.0793. The Labute approximate surface area is 162 Å². The second-order valence-corrected chi connectivity index (χ2v) is 7.98. The summed E-state index contributed by atoms with van der Waals surface area (Å²) in [6, 6.07) is 15.1. The Morgan fingerprint density at radius 2 is 1.96 bits per heavy atom. The molecule has 2 aromatic rings. The maximum Gasteiger partial charge on any atom is 0.250 e. The molecule has 138 valence electrons. The molecule has 0 aliphatic carbocycles. The second kappa shape index (κ2) is 6.08. The summed E-state index contributed by atoms with van der Waals surface area (Å²) >= 11 is 5.94. The van der Waals surface area contributed by atoms with E-state index in [0.29, 0.717) is 17.1 Å². The Bertz CT molecular complexity index is 929. The number of benzene rings is 2. The molecule has 3 aliphatic rings. The normalized spacial score (nSPS) is 28.9.